The average molecular weight is 716 g/mol. The normalized spacial score (nSPS) is 15.8. The van der Waals surface area contributed by atoms with Gasteiger partial charge in [-0.05, 0) is 92.4 Å². The minimum absolute atomic E-state index is 0.00754. The molecule has 1 radical (unpaired) electrons. The van der Waals surface area contributed by atoms with Gasteiger partial charge in [0.05, 0.1) is 0 Å². The first-order chi connectivity index (χ1) is 23.2. The van der Waals surface area contributed by atoms with E-state index in [0.717, 1.165) is 0 Å². The highest BCUT2D eigenvalue weighted by Gasteiger charge is 2.49. The Morgan fingerprint density at radius 2 is 0.519 bits per heavy atom. The quantitative estimate of drug-likeness (QED) is 0.186. The van der Waals surface area contributed by atoms with Gasteiger partial charge in [0.2, 0.25) is 0 Å². The van der Waals surface area contributed by atoms with Crippen molar-refractivity contribution in [2.24, 2.45) is 5.41 Å². The van der Waals surface area contributed by atoms with Gasteiger partial charge in [-0.25, -0.2) is 0 Å². The Labute approximate surface area is 323 Å². The third-order valence-corrected chi connectivity index (χ3v) is 16.0. The number of allylic oxidation sites excluding steroid dienone is 4. The van der Waals surface area contributed by atoms with E-state index in [4.69, 9.17) is 0 Å². The zero-order valence-electron chi connectivity index (χ0n) is 37.4. The summed E-state index contributed by atoms with van der Waals surface area (Å²) in [4.78, 5) is 0. The van der Waals surface area contributed by atoms with E-state index in [2.05, 4.69) is 218 Å². The molecule has 0 heterocycles. The molecule has 0 bridgehead atoms. The molecule has 52 heavy (non-hydrogen) atoms. The molecule has 0 aromatic heterocycles. The van der Waals surface area contributed by atoms with Gasteiger partial charge in [0, 0.05) is 5.54 Å². The number of rotatable bonds is 4. The zero-order valence-corrected chi connectivity index (χ0v) is 38.4. The van der Waals surface area contributed by atoms with E-state index in [1.165, 1.54) is 60.1 Å². The summed E-state index contributed by atoms with van der Waals surface area (Å²) >= 11 is 0. The zero-order chi connectivity index (χ0) is 39.8. The molecule has 1 heteroatoms. The molecule has 0 spiro atoms. The second-order valence-corrected chi connectivity index (χ2v) is 27.1. The predicted octanol–water partition coefficient (Wildman–Crippen LogP) is 12.6. The molecule has 0 saturated carbocycles. The third-order valence-electron chi connectivity index (χ3n) is 11.3. The first kappa shape index (κ1) is 42.1. The summed E-state index contributed by atoms with van der Waals surface area (Å²) in [7, 11) is -3.02. The van der Waals surface area contributed by atoms with Gasteiger partial charge in [0.1, 0.15) is 0 Å². The summed E-state index contributed by atoms with van der Waals surface area (Å²) in [6.07, 6.45) is 7.56. The van der Waals surface area contributed by atoms with E-state index in [1.807, 2.05) is 0 Å². The van der Waals surface area contributed by atoms with Gasteiger partial charge in [-0.2, -0.15) is 0 Å². The van der Waals surface area contributed by atoms with Crippen LogP contribution in [0.3, 0.4) is 0 Å². The molecule has 1 aliphatic carbocycles. The molecule has 0 nitrogen and oxygen atoms in total. The fourth-order valence-corrected chi connectivity index (χ4v) is 12.2. The average Bonchev–Trinajstić information content (AvgIpc) is 3.46. The lowest BCUT2D eigenvalue weighted by Crippen LogP contribution is -2.71. The maximum Gasteiger partial charge on any atom is 0.162 e. The summed E-state index contributed by atoms with van der Waals surface area (Å²) in [5.74, 6) is 0. The van der Waals surface area contributed by atoms with Crippen molar-refractivity contribution >= 4 is 23.6 Å². The van der Waals surface area contributed by atoms with Crippen LogP contribution in [-0.2, 0) is 32.5 Å². The maximum absolute atomic E-state index is 3.02. The standard InChI is InChI=1S/C51H75Si/c1-45(2,3)34-22-23-41(27-34)52(42-28-35(46(4,5)6)24-36(29-42)47(7,8)9,43-30-37(48(10,11)12)25-38(31-43)49(13,14)15)44-32-39(50(16,17)18)26-40(33-44)51(19,20)21/h22-33H,1-21H3. The van der Waals surface area contributed by atoms with E-state index in [1.54, 1.807) is 0 Å². The highest BCUT2D eigenvalue weighted by atomic mass is 28.3. The van der Waals surface area contributed by atoms with Crippen molar-refractivity contribution in [3.63, 3.8) is 0 Å². The Bertz CT molecular complexity index is 1560. The SMILES string of the molecule is CC(C)(C)C1=C[C]([Si](c2cc(C(C)(C)C)cc(C(C)(C)C)c2)(c2cc(C(C)(C)C)cc(C(C)(C)C)c2)c2cc(C(C)(C)C)cc(C(C)(C)C)c2)C=C1. The fraction of sp³-hybridized carbons (Fsp3) is 0.549. The lowest BCUT2D eigenvalue weighted by molar-refractivity contribution is 0.518. The number of hydrogen-bond donors (Lipinski definition) is 0. The van der Waals surface area contributed by atoms with Gasteiger partial charge in [0.25, 0.3) is 0 Å². The molecule has 0 atom stereocenters. The van der Waals surface area contributed by atoms with E-state index < -0.39 is 8.07 Å². The molecule has 0 amide bonds. The second-order valence-electron chi connectivity index (χ2n) is 23.3. The molecule has 0 unspecified atom stereocenters. The summed E-state index contributed by atoms with van der Waals surface area (Å²) in [6, 6.07) is 23.3. The highest BCUT2D eigenvalue weighted by molar-refractivity contribution is 7.15. The van der Waals surface area contributed by atoms with Gasteiger partial charge in [-0.3, -0.25) is 0 Å². The Balaban J connectivity index is 2.46. The first-order valence-electron chi connectivity index (χ1n) is 19.9. The molecule has 0 fully saturated rings. The fourth-order valence-electron chi connectivity index (χ4n) is 7.27. The molecule has 0 aliphatic heterocycles. The molecule has 1 aliphatic rings. The Morgan fingerprint density at radius 1 is 0.288 bits per heavy atom. The van der Waals surface area contributed by atoms with Crippen LogP contribution in [0.5, 0.6) is 0 Å². The Morgan fingerprint density at radius 3 is 0.692 bits per heavy atom. The molecule has 0 N–H and O–H groups in total. The summed E-state index contributed by atoms with van der Waals surface area (Å²) < 4.78 is 0. The van der Waals surface area contributed by atoms with Gasteiger partial charge < -0.3 is 0 Å². The first-order valence-corrected chi connectivity index (χ1v) is 21.9. The van der Waals surface area contributed by atoms with Crippen LogP contribution in [0.1, 0.15) is 179 Å². The molecular weight excluding hydrogens is 641 g/mol. The largest absolute Gasteiger partial charge is 0.162 e. The van der Waals surface area contributed by atoms with Crippen LogP contribution >= 0.6 is 0 Å². The predicted molar refractivity (Wildman–Crippen MR) is 236 cm³/mol. The van der Waals surface area contributed by atoms with Crippen LogP contribution in [-0.4, -0.2) is 8.07 Å². The van der Waals surface area contributed by atoms with Crippen molar-refractivity contribution in [1.29, 1.82) is 0 Å². The van der Waals surface area contributed by atoms with Gasteiger partial charge >= 0.3 is 0 Å². The van der Waals surface area contributed by atoms with Crippen LogP contribution in [0.15, 0.2) is 78.4 Å². The van der Waals surface area contributed by atoms with E-state index in [-0.39, 0.29) is 37.9 Å². The van der Waals surface area contributed by atoms with E-state index >= 15 is 0 Å². The summed E-state index contributed by atoms with van der Waals surface area (Å²) in [5.41, 5.74) is 11.4. The van der Waals surface area contributed by atoms with Gasteiger partial charge in [-0.15, -0.1) is 0 Å². The van der Waals surface area contributed by atoms with Crippen LogP contribution < -0.4 is 15.6 Å². The Kier molecular flexibility index (Phi) is 10.8. The Hall–Kier alpha value is -2.64. The van der Waals surface area contributed by atoms with Crippen LogP contribution in [0, 0.1) is 11.0 Å². The van der Waals surface area contributed by atoms with Crippen LogP contribution in [0.4, 0.5) is 0 Å². The molecule has 0 saturated heterocycles. The second kappa shape index (κ2) is 13.3. The molecule has 4 rings (SSSR count). The van der Waals surface area contributed by atoms with E-state index in [0.29, 0.717) is 0 Å². The smallest absolute Gasteiger partial charge is 0.0750 e. The summed E-state index contributed by atoms with van der Waals surface area (Å²) in [5, 5.41) is 4.48. The van der Waals surface area contributed by atoms with Crippen molar-refractivity contribution in [3.05, 3.63) is 117 Å². The summed E-state index contributed by atoms with van der Waals surface area (Å²) in [6.45, 7) is 50.1. The molecule has 283 valence electrons. The van der Waals surface area contributed by atoms with Gasteiger partial charge in [-0.1, -0.05) is 218 Å². The number of benzene rings is 3. The molecular formula is C51H75Si. The topological polar surface area (TPSA) is 0 Å². The number of hydrogen-bond acceptors (Lipinski definition) is 0. The monoisotopic (exact) mass is 716 g/mol. The highest BCUT2D eigenvalue weighted by Crippen LogP contribution is 2.40. The lowest BCUT2D eigenvalue weighted by Gasteiger charge is -2.42. The minimum atomic E-state index is -3.02. The van der Waals surface area contributed by atoms with Crippen molar-refractivity contribution in [2.75, 3.05) is 0 Å². The van der Waals surface area contributed by atoms with E-state index in [9.17, 15) is 0 Å². The molecule has 3 aromatic rings. The lowest BCUT2D eigenvalue weighted by atomic mass is 9.80. The van der Waals surface area contributed by atoms with Crippen LogP contribution in [0.25, 0.3) is 0 Å². The van der Waals surface area contributed by atoms with Crippen molar-refractivity contribution in [2.45, 2.75) is 178 Å². The molecule has 3 aromatic carbocycles. The van der Waals surface area contributed by atoms with Gasteiger partial charge in [0.15, 0.2) is 8.07 Å². The van der Waals surface area contributed by atoms with Crippen molar-refractivity contribution in [3.8, 4) is 0 Å². The van der Waals surface area contributed by atoms with Crippen molar-refractivity contribution < 1.29 is 0 Å². The maximum atomic E-state index is 2.63. The van der Waals surface area contributed by atoms with Crippen LogP contribution in [0.2, 0.25) is 0 Å². The minimum Gasteiger partial charge on any atom is -0.0750 e. The van der Waals surface area contributed by atoms with Crippen molar-refractivity contribution in [1.82, 2.24) is 0 Å². The third kappa shape index (κ3) is 8.67.